The van der Waals surface area contributed by atoms with Crippen molar-refractivity contribution in [3.05, 3.63) is 59.3 Å². The quantitative estimate of drug-likeness (QED) is 0.810. The van der Waals surface area contributed by atoms with Crippen LogP contribution in [0.2, 0.25) is 0 Å². The number of carbonyl (C=O) groups excluding carboxylic acids is 1. The Balaban J connectivity index is 2.16. The molecule has 0 atom stereocenters. The van der Waals surface area contributed by atoms with Gasteiger partial charge in [0.05, 0.1) is 12.7 Å². The molecule has 21 heavy (non-hydrogen) atoms. The van der Waals surface area contributed by atoms with Crippen LogP contribution >= 0.6 is 0 Å². The molecule has 0 saturated carbocycles. The first-order valence-electron chi connectivity index (χ1n) is 6.09. The van der Waals surface area contributed by atoms with Crippen molar-refractivity contribution in [2.45, 2.75) is 12.6 Å². The second-order valence-electron chi connectivity index (χ2n) is 4.39. The largest absolute Gasteiger partial charge is 0.481 e. The number of hydrogen-bond donors (Lipinski definition) is 0. The van der Waals surface area contributed by atoms with E-state index >= 15 is 0 Å². The number of alkyl halides is 3. The maximum absolute atomic E-state index is 12.6. The van der Waals surface area contributed by atoms with Crippen molar-refractivity contribution in [2.24, 2.45) is 0 Å². The summed E-state index contributed by atoms with van der Waals surface area (Å²) in [7, 11) is 1.47. The van der Waals surface area contributed by atoms with Crippen molar-refractivity contribution in [3.8, 4) is 5.88 Å². The molecule has 0 fully saturated rings. The molecule has 0 amide bonds. The van der Waals surface area contributed by atoms with Crippen LogP contribution in [-0.2, 0) is 12.6 Å². The third kappa shape index (κ3) is 3.81. The Labute approximate surface area is 119 Å². The van der Waals surface area contributed by atoms with Gasteiger partial charge < -0.3 is 4.74 Å². The SMILES string of the molecule is COc1ccc(CC(=O)c2cccc(C(F)(F)F)c2)cn1. The van der Waals surface area contributed by atoms with Crippen LogP contribution in [0.1, 0.15) is 21.5 Å². The molecule has 1 heterocycles. The van der Waals surface area contributed by atoms with Crippen LogP contribution in [0, 0.1) is 0 Å². The smallest absolute Gasteiger partial charge is 0.416 e. The molecule has 0 saturated heterocycles. The molecular formula is C15H12F3NO2. The van der Waals surface area contributed by atoms with Crippen LogP contribution < -0.4 is 4.74 Å². The van der Waals surface area contributed by atoms with Crippen molar-refractivity contribution in [2.75, 3.05) is 7.11 Å². The minimum Gasteiger partial charge on any atom is -0.481 e. The molecule has 6 heteroatoms. The van der Waals surface area contributed by atoms with Gasteiger partial charge in [-0.15, -0.1) is 0 Å². The highest BCUT2D eigenvalue weighted by atomic mass is 19.4. The van der Waals surface area contributed by atoms with Gasteiger partial charge in [0.15, 0.2) is 5.78 Å². The summed E-state index contributed by atoms with van der Waals surface area (Å²) >= 11 is 0. The first kappa shape index (κ1) is 15.0. The number of rotatable bonds is 4. The van der Waals surface area contributed by atoms with Crippen molar-refractivity contribution in [1.82, 2.24) is 4.98 Å². The Bertz CT molecular complexity index is 636. The molecule has 1 aromatic heterocycles. The van der Waals surface area contributed by atoms with E-state index in [1.54, 1.807) is 12.1 Å². The average molecular weight is 295 g/mol. The molecule has 0 bridgehead atoms. The van der Waals surface area contributed by atoms with E-state index in [1.807, 2.05) is 0 Å². The van der Waals surface area contributed by atoms with E-state index in [0.717, 1.165) is 12.1 Å². The second-order valence-corrected chi connectivity index (χ2v) is 4.39. The van der Waals surface area contributed by atoms with Crippen molar-refractivity contribution < 1.29 is 22.7 Å². The number of nitrogens with zero attached hydrogens (tertiary/aromatic N) is 1. The lowest BCUT2D eigenvalue weighted by Gasteiger charge is -2.08. The standard InChI is InChI=1S/C15H12F3NO2/c1-21-14-6-5-10(9-19-14)7-13(20)11-3-2-4-12(8-11)15(16,17)18/h2-6,8-9H,7H2,1H3. The summed E-state index contributed by atoms with van der Waals surface area (Å²) in [6.45, 7) is 0. The number of hydrogen-bond acceptors (Lipinski definition) is 3. The lowest BCUT2D eigenvalue weighted by atomic mass is 10.0. The van der Waals surface area contributed by atoms with Crippen LogP contribution in [0.5, 0.6) is 5.88 Å². The maximum atomic E-state index is 12.6. The van der Waals surface area contributed by atoms with E-state index < -0.39 is 17.5 Å². The van der Waals surface area contributed by atoms with E-state index in [1.165, 1.54) is 25.4 Å². The maximum Gasteiger partial charge on any atom is 0.416 e. The van der Waals surface area contributed by atoms with Gasteiger partial charge in [0.25, 0.3) is 0 Å². The van der Waals surface area contributed by atoms with Gasteiger partial charge in [-0.2, -0.15) is 13.2 Å². The van der Waals surface area contributed by atoms with Crippen LogP contribution in [0.4, 0.5) is 13.2 Å². The van der Waals surface area contributed by atoms with Gasteiger partial charge >= 0.3 is 6.18 Å². The topological polar surface area (TPSA) is 39.2 Å². The molecule has 110 valence electrons. The van der Waals surface area contributed by atoms with Gasteiger partial charge in [0, 0.05) is 24.2 Å². The van der Waals surface area contributed by atoms with E-state index in [-0.39, 0.29) is 12.0 Å². The van der Waals surface area contributed by atoms with E-state index in [4.69, 9.17) is 4.74 Å². The highest BCUT2D eigenvalue weighted by Gasteiger charge is 2.30. The highest BCUT2D eigenvalue weighted by Crippen LogP contribution is 2.29. The number of ether oxygens (including phenoxy) is 1. The minimum atomic E-state index is -4.46. The Kier molecular flexibility index (Phi) is 4.26. The zero-order valence-corrected chi connectivity index (χ0v) is 11.1. The van der Waals surface area contributed by atoms with Crippen molar-refractivity contribution in [1.29, 1.82) is 0 Å². The number of ketones is 1. The number of pyridine rings is 1. The van der Waals surface area contributed by atoms with E-state index in [2.05, 4.69) is 4.98 Å². The predicted octanol–water partition coefficient (Wildman–Crippen LogP) is 3.53. The van der Waals surface area contributed by atoms with E-state index in [0.29, 0.717) is 11.4 Å². The van der Waals surface area contributed by atoms with E-state index in [9.17, 15) is 18.0 Å². The van der Waals surface area contributed by atoms with Gasteiger partial charge in [-0.3, -0.25) is 4.79 Å². The normalized spacial score (nSPS) is 11.2. The van der Waals surface area contributed by atoms with Gasteiger partial charge in [-0.05, 0) is 17.7 Å². The Morgan fingerprint density at radius 1 is 1.24 bits per heavy atom. The van der Waals surface area contributed by atoms with Gasteiger partial charge in [0.1, 0.15) is 0 Å². The Hall–Kier alpha value is -2.37. The lowest BCUT2D eigenvalue weighted by Crippen LogP contribution is -2.09. The molecule has 3 nitrogen and oxygen atoms in total. The molecule has 0 spiro atoms. The van der Waals surface area contributed by atoms with Crippen molar-refractivity contribution >= 4 is 5.78 Å². The molecule has 0 aliphatic carbocycles. The number of halogens is 3. The molecule has 2 aromatic rings. The summed E-state index contributed by atoms with van der Waals surface area (Å²) in [5.41, 5.74) is -0.194. The number of Topliss-reactive ketones (excluding diaryl/α,β-unsaturated/α-hetero) is 1. The zero-order chi connectivity index (χ0) is 15.5. The van der Waals surface area contributed by atoms with Gasteiger partial charge in [-0.25, -0.2) is 4.98 Å². The van der Waals surface area contributed by atoms with Crippen LogP contribution in [0.25, 0.3) is 0 Å². The first-order chi connectivity index (χ1) is 9.90. The molecule has 1 aromatic carbocycles. The number of methoxy groups -OCH3 is 1. The Morgan fingerprint density at radius 2 is 2.00 bits per heavy atom. The Morgan fingerprint density at radius 3 is 2.57 bits per heavy atom. The molecule has 2 rings (SSSR count). The molecule has 0 aliphatic rings. The second kappa shape index (κ2) is 5.95. The van der Waals surface area contributed by atoms with Crippen LogP contribution in [0.15, 0.2) is 42.6 Å². The van der Waals surface area contributed by atoms with Gasteiger partial charge in [0.2, 0.25) is 5.88 Å². The molecule has 0 N–H and O–H groups in total. The van der Waals surface area contributed by atoms with Crippen LogP contribution in [0.3, 0.4) is 0 Å². The molecular weight excluding hydrogens is 283 g/mol. The predicted molar refractivity (Wildman–Crippen MR) is 70.3 cm³/mol. The van der Waals surface area contributed by atoms with Gasteiger partial charge in [-0.1, -0.05) is 18.2 Å². The summed E-state index contributed by atoms with van der Waals surface area (Å²) in [4.78, 5) is 16.0. The highest BCUT2D eigenvalue weighted by molar-refractivity contribution is 5.97. The summed E-state index contributed by atoms with van der Waals surface area (Å²) in [5.74, 6) is 0.0123. The summed E-state index contributed by atoms with van der Waals surface area (Å²) in [5, 5.41) is 0. The lowest BCUT2D eigenvalue weighted by molar-refractivity contribution is -0.137. The number of benzene rings is 1. The fraction of sp³-hybridized carbons (Fsp3) is 0.200. The minimum absolute atomic E-state index is 0.0156. The summed E-state index contributed by atoms with van der Waals surface area (Å²) in [6, 6.07) is 7.63. The molecule has 0 radical (unpaired) electrons. The first-order valence-corrected chi connectivity index (χ1v) is 6.09. The fourth-order valence-corrected chi connectivity index (χ4v) is 1.79. The van der Waals surface area contributed by atoms with Crippen LogP contribution in [-0.4, -0.2) is 17.9 Å². The monoisotopic (exact) mass is 295 g/mol. The zero-order valence-electron chi connectivity index (χ0n) is 11.1. The number of carbonyl (C=O) groups is 1. The number of aromatic nitrogens is 1. The third-order valence-corrected chi connectivity index (χ3v) is 2.88. The molecule has 0 aliphatic heterocycles. The fourth-order valence-electron chi connectivity index (χ4n) is 1.79. The average Bonchev–Trinajstić information content (AvgIpc) is 2.47. The summed E-state index contributed by atoms with van der Waals surface area (Å²) < 4.78 is 42.7. The summed E-state index contributed by atoms with van der Waals surface area (Å²) in [6.07, 6.45) is -3.01. The third-order valence-electron chi connectivity index (χ3n) is 2.88. The molecule has 0 unspecified atom stereocenters. The van der Waals surface area contributed by atoms with Crippen molar-refractivity contribution in [3.63, 3.8) is 0 Å².